The van der Waals surface area contributed by atoms with Gasteiger partial charge in [0.2, 0.25) is 5.95 Å². The van der Waals surface area contributed by atoms with Crippen LogP contribution >= 0.6 is 11.6 Å². The minimum Gasteiger partial charge on any atom is -0.357 e. The van der Waals surface area contributed by atoms with Gasteiger partial charge in [0, 0.05) is 18.8 Å². The van der Waals surface area contributed by atoms with E-state index in [9.17, 15) is 0 Å². The maximum absolute atomic E-state index is 5.96. The molecule has 0 saturated heterocycles. The van der Waals surface area contributed by atoms with Gasteiger partial charge in [0.15, 0.2) is 5.82 Å². The van der Waals surface area contributed by atoms with Crippen molar-refractivity contribution in [1.82, 2.24) is 19.7 Å². The summed E-state index contributed by atoms with van der Waals surface area (Å²) in [5.74, 6) is 1.29. The monoisotopic (exact) mass is 237 g/mol. The van der Waals surface area contributed by atoms with Crippen molar-refractivity contribution < 1.29 is 0 Å². The van der Waals surface area contributed by atoms with Crippen LogP contribution in [0.2, 0.25) is 5.02 Å². The largest absolute Gasteiger partial charge is 0.357 e. The molecule has 0 unspecified atom stereocenters. The quantitative estimate of drug-likeness (QED) is 0.868. The van der Waals surface area contributed by atoms with E-state index in [0.717, 1.165) is 17.1 Å². The van der Waals surface area contributed by atoms with Gasteiger partial charge in [0.25, 0.3) is 0 Å². The number of nitrogens with one attached hydrogen (secondary N) is 1. The van der Waals surface area contributed by atoms with E-state index in [0.29, 0.717) is 11.0 Å². The third-order valence-corrected chi connectivity index (χ3v) is 2.60. The molecule has 0 aromatic carbocycles. The van der Waals surface area contributed by atoms with Crippen molar-refractivity contribution in [2.24, 2.45) is 0 Å². The van der Waals surface area contributed by atoms with Gasteiger partial charge in [-0.15, -0.1) is 0 Å². The van der Waals surface area contributed by atoms with Crippen molar-refractivity contribution in [3.63, 3.8) is 0 Å². The molecule has 2 aromatic heterocycles. The molecular weight excluding hydrogens is 226 g/mol. The van der Waals surface area contributed by atoms with Crippen LogP contribution in [0.5, 0.6) is 0 Å². The van der Waals surface area contributed by atoms with Crippen LogP contribution in [-0.2, 0) is 0 Å². The molecule has 2 aromatic rings. The molecule has 0 atom stereocenters. The number of aromatic nitrogens is 4. The molecule has 0 aliphatic heterocycles. The molecule has 0 aliphatic rings. The summed E-state index contributed by atoms with van der Waals surface area (Å²) in [6.07, 6.45) is 3.49. The maximum atomic E-state index is 5.96. The van der Waals surface area contributed by atoms with Crippen LogP contribution < -0.4 is 5.32 Å². The van der Waals surface area contributed by atoms with E-state index in [4.69, 9.17) is 11.6 Å². The van der Waals surface area contributed by atoms with E-state index >= 15 is 0 Å². The smallest absolute Gasteiger partial charge is 0.224 e. The van der Waals surface area contributed by atoms with E-state index in [1.807, 2.05) is 13.8 Å². The van der Waals surface area contributed by atoms with Gasteiger partial charge < -0.3 is 5.32 Å². The van der Waals surface area contributed by atoms with Crippen molar-refractivity contribution in [2.45, 2.75) is 13.8 Å². The summed E-state index contributed by atoms with van der Waals surface area (Å²) in [6.45, 7) is 3.79. The first-order valence-electron chi connectivity index (χ1n) is 4.85. The van der Waals surface area contributed by atoms with Gasteiger partial charge in [0.05, 0.1) is 16.9 Å². The topological polar surface area (TPSA) is 55.6 Å². The van der Waals surface area contributed by atoms with Crippen LogP contribution in [0.3, 0.4) is 0 Å². The first kappa shape index (κ1) is 10.9. The molecule has 0 fully saturated rings. The van der Waals surface area contributed by atoms with Gasteiger partial charge in [-0.1, -0.05) is 11.6 Å². The number of halogens is 1. The highest BCUT2D eigenvalue weighted by atomic mass is 35.5. The minimum atomic E-state index is 0.560. The van der Waals surface area contributed by atoms with E-state index < -0.39 is 0 Å². The van der Waals surface area contributed by atoms with Crippen LogP contribution in [0, 0.1) is 13.8 Å². The van der Waals surface area contributed by atoms with Gasteiger partial charge in [-0.2, -0.15) is 10.1 Å². The molecule has 0 radical (unpaired) electrons. The molecule has 5 nitrogen and oxygen atoms in total. The lowest BCUT2D eigenvalue weighted by molar-refractivity contribution is 0.818. The predicted octanol–water partition coefficient (Wildman–Crippen LogP) is 1.97. The number of rotatable bonds is 2. The number of nitrogens with zero attached hydrogens (tertiary/aromatic N) is 4. The second kappa shape index (κ2) is 4.09. The second-order valence-electron chi connectivity index (χ2n) is 3.46. The maximum Gasteiger partial charge on any atom is 0.224 e. The van der Waals surface area contributed by atoms with E-state index in [-0.39, 0.29) is 0 Å². The fraction of sp³-hybridized carbons (Fsp3) is 0.300. The predicted molar refractivity (Wildman–Crippen MR) is 63.2 cm³/mol. The standard InChI is InChI=1S/C10H12ClN5/c1-6-4-13-10(12-3)14-9(6)16-5-8(11)7(2)15-16/h4-5H,1-3H3,(H,12,13,14). The number of aryl methyl sites for hydroxylation is 2. The Balaban J connectivity index is 2.54. The third-order valence-electron chi connectivity index (χ3n) is 2.22. The van der Waals surface area contributed by atoms with Crippen molar-refractivity contribution in [3.05, 3.63) is 28.7 Å². The van der Waals surface area contributed by atoms with Crippen molar-refractivity contribution >= 4 is 17.5 Å². The molecule has 0 spiro atoms. The highest BCUT2D eigenvalue weighted by molar-refractivity contribution is 6.31. The van der Waals surface area contributed by atoms with Gasteiger partial charge in [0.1, 0.15) is 0 Å². The van der Waals surface area contributed by atoms with E-state index in [1.54, 1.807) is 24.1 Å². The molecule has 0 aliphatic carbocycles. The molecule has 0 bridgehead atoms. The molecule has 84 valence electrons. The minimum absolute atomic E-state index is 0.560. The Morgan fingerprint density at radius 3 is 2.69 bits per heavy atom. The van der Waals surface area contributed by atoms with Crippen molar-refractivity contribution in [3.8, 4) is 5.82 Å². The summed E-state index contributed by atoms with van der Waals surface area (Å²) in [5, 5.41) is 7.80. The fourth-order valence-electron chi connectivity index (χ4n) is 1.33. The summed E-state index contributed by atoms with van der Waals surface area (Å²) in [7, 11) is 1.77. The summed E-state index contributed by atoms with van der Waals surface area (Å²) < 4.78 is 1.66. The Kier molecular flexibility index (Phi) is 2.78. The SMILES string of the molecule is CNc1ncc(C)c(-n2cc(Cl)c(C)n2)n1. The van der Waals surface area contributed by atoms with Gasteiger partial charge in [-0.05, 0) is 13.8 Å². The number of hydrogen-bond donors (Lipinski definition) is 1. The zero-order valence-electron chi connectivity index (χ0n) is 9.32. The molecule has 6 heteroatoms. The average Bonchev–Trinajstić information content (AvgIpc) is 2.60. The molecule has 2 rings (SSSR count). The van der Waals surface area contributed by atoms with Gasteiger partial charge >= 0.3 is 0 Å². The Morgan fingerprint density at radius 1 is 1.38 bits per heavy atom. The lowest BCUT2D eigenvalue weighted by Gasteiger charge is -2.06. The highest BCUT2D eigenvalue weighted by Gasteiger charge is 2.09. The Labute approximate surface area is 98.5 Å². The van der Waals surface area contributed by atoms with Crippen LogP contribution in [-0.4, -0.2) is 26.8 Å². The summed E-state index contributed by atoms with van der Waals surface area (Å²) >= 11 is 5.96. The molecule has 0 amide bonds. The first-order valence-corrected chi connectivity index (χ1v) is 5.23. The van der Waals surface area contributed by atoms with Crippen LogP contribution in [0.15, 0.2) is 12.4 Å². The Hall–Kier alpha value is -1.62. The van der Waals surface area contributed by atoms with Crippen LogP contribution in [0.25, 0.3) is 5.82 Å². The molecule has 2 heterocycles. The van der Waals surface area contributed by atoms with E-state index in [2.05, 4.69) is 20.4 Å². The lowest BCUT2D eigenvalue weighted by Crippen LogP contribution is -2.05. The van der Waals surface area contributed by atoms with Crippen LogP contribution in [0.1, 0.15) is 11.3 Å². The Bertz CT molecular complexity index is 500. The number of hydrogen-bond acceptors (Lipinski definition) is 4. The average molecular weight is 238 g/mol. The van der Waals surface area contributed by atoms with Gasteiger partial charge in [-0.25, -0.2) is 9.67 Å². The van der Waals surface area contributed by atoms with Crippen molar-refractivity contribution in [2.75, 3.05) is 12.4 Å². The molecular formula is C10H12ClN5. The molecule has 0 saturated carbocycles. The van der Waals surface area contributed by atoms with E-state index in [1.165, 1.54) is 0 Å². The number of anilines is 1. The molecule has 1 N–H and O–H groups in total. The second-order valence-corrected chi connectivity index (χ2v) is 3.86. The molecule has 16 heavy (non-hydrogen) atoms. The van der Waals surface area contributed by atoms with Crippen LogP contribution in [0.4, 0.5) is 5.95 Å². The summed E-state index contributed by atoms with van der Waals surface area (Å²) in [6, 6.07) is 0. The Morgan fingerprint density at radius 2 is 2.12 bits per heavy atom. The first-order chi connectivity index (χ1) is 7.61. The zero-order valence-corrected chi connectivity index (χ0v) is 10.1. The fourth-order valence-corrected chi connectivity index (χ4v) is 1.46. The third kappa shape index (κ3) is 1.86. The zero-order chi connectivity index (χ0) is 11.7. The van der Waals surface area contributed by atoms with Gasteiger partial charge in [-0.3, -0.25) is 0 Å². The highest BCUT2D eigenvalue weighted by Crippen LogP contribution is 2.17. The summed E-state index contributed by atoms with van der Waals surface area (Å²) in [4.78, 5) is 8.45. The summed E-state index contributed by atoms with van der Waals surface area (Å²) in [5.41, 5.74) is 1.73. The van der Waals surface area contributed by atoms with Crippen molar-refractivity contribution in [1.29, 1.82) is 0 Å². The normalized spacial score (nSPS) is 10.5. The lowest BCUT2D eigenvalue weighted by atomic mass is 10.3.